The van der Waals surface area contributed by atoms with Gasteiger partial charge in [0.15, 0.2) is 0 Å². The molecule has 2 N–H and O–H groups in total. The van der Waals surface area contributed by atoms with E-state index in [2.05, 4.69) is 0 Å². The molecule has 4 nitrogen and oxygen atoms in total. The highest BCUT2D eigenvalue weighted by atomic mass is 19.1. The Morgan fingerprint density at radius 1 is 1.35 bits per heavy atom. The fraction of sp³-hybridized carbons (Fsp3) is 0.417. The minimum Gasteiger partial charge on any atom is -0.398 e. The van der Waals surface area contributed by atoms with Crippen LogP contribution in [0.15, 0.2) is 18.2 Å². The highest BCUT2D eigenvalue weighted by Crippen LogP contribution is 2.14. The van der Waals surface area contributed by atoms with Crippen LogP contribution >= 0.6 is 0 Å². The van der Waals surface area contributed by atoms with Gasteiger partial charge in [-0.05, 0) is 30.8 Å². The van der Waals surface area contributed by atoms with Crippen LogP contribution in [-0.2, 0) is 11.3 Å². The molecule has 94 valence electrons. The van der Waals surface area contributed by atoms with E-state index in [1.54, 1.807) is 26.0 Å². The van der Waals surface area contributed by atoms with E-state index in [4.69, 9.17) is 5.73 Å². The van der Waals surface area contributed by atoms with Crippen LogP contribution in [0.5, 0.6) is 0 Å². The summed E-state index contributed by atoms with van der Waals surface area (Å²) in [6.07, 6.45) is 0. The van der Waals surface area contributed by atoms with Crippen molar-refractivity contribution in [1.82, 2.24) is 9.80 Å². The van der Waals surface area contributed by atoms with Crippen molar-refractivity contribution in [3.05, 3.63) is 29.6 Å². The van der Waals surface area contributed by atoms with Crippen molar-refractivity contribution in [1.29, 1.82) is 0 Å². The zero-order valence-electron chi connectivity index (χ0n) is 10.4. The summed E-state index contributed by atoms with van der Waals surface area (Å²) in [6, 6.07) is 4.25. The molecule has 0 radical (unpaired) electrons. The van der Waals surface area contributed by atoms with Gasteiger partial charge in [-0.2, -0.15) is 0 Å². The van der Waals surface area contributed by atoms with Crippen LogP contribution in [0.3, 0.4) is 0 Å². The summed E-state index contributed by atoms with van der Waals surface area (Å²) in [5.74, 6) is -0.316. The minimum atomic E-state index is -0.318. The number of carbonyl (C=O) groups excluding carboxylic acids is 1. The number of halogens is 1. The average molecular weight is 239 g/mol. The molecular formula is C12H18FN3O. The molecule has 0 fully saturated rings. The summed E-state index contributed by atoms with van der Waals surface area (Å²) in [7, 11) is 5.20. The molecular weight excluding hydrogens is 221 g/mol. The van der Waals surface area contributed by atoms with Crippen molar-refractivity contribution < 1.29 is 9.18 Å². The first-order chi connectivity index (χ1) is 7.90. The maximum atomic E-state index is 13.0. The van der Waals surface area contributed by atoms with Crippen LogP contribution in [0.4, 0.5) is 10.1 Å². The lowest BCUT2D eigenvalue weighted by Gasteiger charge is -2.19. The van der Waals surface area contributed by atoms with Crippen molar-refractivity contribution in [3.8, 4) is 0 Å². The molecule has 0 atom stereocenters. The summed E-state index contributed by atoms with van der Waals surface area (Å²) >= 11 is 0. The molecule has 0 unspecified atom stereocenters. The smallest absolute Gasteiger partial charge is 0.236 e. The number of amides is 1. The molecule has 17 heavy (non-hydrogen) atoms. The van der Waals surface area contributed by atoms with Gasteiger partial charge in [-0.3, -0.25) is 9.69 Å². The van der Waals surface area contributed by atoms with Gasteiger partial charge in [-0.15, -0.1) is 0 Å². The topological polar surface area (TPSA) is 49.6 Å². The van der Waals surface area contributed by atoms with Crippen LogP contribution in [0, 0.1) is 5.82 Å². The predicted octanol–water partition coefficient (Wildman–Crippen LogP) is 0.928. The second kappa shape index (κ2) is 5.63. The first-order valence-corrected chi connectivity index (χ1v) is 5.32. The number of rotatable bonds is 4. The van der Waals surface area contributed by atoms with Gasteiger partial charge < -0.3 is 10.6 Å². The number of carbonyl (C=O) groups is 1. The third kappa shape index (κ3) is 4.03. The predicted molar refractivity (Wildman–Crippen MR) is 65.8 cm³/mol. The standard InChI is InChI=1S/C12H18FN3O/c1-15(2)12(17)8-16(3)7-9-6-10(13)4-5-11(9)14/h4-6H,7-8,14H2,1-3H3. The first-order valence-electron chi connectivity index (χ1n) is 5.32. The molecule has 0 spiro atoms. The van der Waals surface area contributed by atoms with Gasteiger partial charge in [-0.25, -0.2) is 4.39 Å². The fourth-order valence-corrected chi connectivity index (χ4v) is 1.43. The largest absolute Gasteiger partial charge is 0.398 e. The molecule has 1 amide bonds. The lowest BCUT2D eigenvalue weighted by molar-refractivity contribution is -0.129. The van der Waals surface area contributed by atoms with E-state index < -0.39 is 0 Å². The molecule has 0 aliphatic heterocycles. The van der Waals surface area contributed by atoms with Crippen molar-refractivity contribution >= 4 is 11.6 Å². The number of nitrogens with zero attached hydrogens (tertiary/aromatic N) is 2. The Balaban J connectivity index is 2.64. The van der Waals surface area contributed by atoms with Crippen LogP contribution in [0.25, 0.3) is 0 Å². The highest BCUT2D eigenvalue weighted by molar-refractivity contribution is 5.77. The maximum Gasteiger partial charge on any atom is 0.236 e. The number of nitrogens with two attached hydrogens (primary N) is 1. The van der Waals surface area contributed by atoms with Crippen molar-refractivity contribution in [2.75, 3.05) is 33.4 Å². The van der Waals surface area contributed by atoms with E-state index in [1.807, 2.05) is 0 Å². The molecule has 0 saturated heterocycles. The van der Waals surface area contributed by atoms with E-state index in [0.717, 1.165) is 0 Å². The number of nitrogen functional groups attached to an aromatic ring is 1. The molecule has 0 aliphatic rings. The molecule has 0 aliphatic carbocycles. The van der Waals surface area contributed by atoms with E-state index in [9.17, 15) is 9.18 Å². The van der Waals surface area contributed by atoms with Gasteiger partial charge in [0, 0.05) is 26.3 Å². The monoisotopic (exact) mass is 239 g/mol. The lowest BCUT2D eigenvalue weighted by Crippen LogP contribution is -2.34. The fourth-order valence-electron chi connectivity index (χ4n) is 1.43. The van der Waals surface area contributed by atoms with Gasteiger partial charge in [0.05, 0.1) is 6.54 Å². The Kier molecular flexibility index (Phi) is 4.45. The first kappa shape index (κ1) is 13.4. The zero-order valence-corrected chi connectivity index (χ0v) is 10.4. The van der Waals surface area contributed by atoms with E-state index in [-0.39, 0.29) is 18.3 Å². The Bertz CT molecular complexity index is 407. The second-order valence-electron chi connectivity index (χ2n) is 4.30. The van der Waals surface area contributed by atoms with Crippen LogP contribution in [0.1, 0.15) is 5.56 Å². The molecule has 1 aromatic rings. The van der Waals surface area contributed by atoms with E-state index >= 15 is 0 Å². The molecule has 0 saturated carbocycles. The van der Waals surface area contributed by atoms with E-state index in [1.165, 1.54) is 23.1 Å². The maximum absolute atomic E-state index is 13.0. The molecule has 1 rings (SSSR count). The quantitative estimate of drug-likeness (QED) is 0.795. The number of hydrogen-bond acceptors (Lipinski definition) is 3. The minimum absolute atomic E-state index is 0.00229. The summed E-state index contributed by atoms with van der Waals surface area (Å²) < 4.78 is 13.0. The van der Waals surface area contributed by atoms with Gasteiger partial charge in [0.1, 0.15) is 5.82 Å². The van der Waals surface area contributed by atoms with Gasteiger partial charge in [0.25, 0.3) is 0 Å². The zero-order chi connectivity index (χ0) is 13.0. The Hall–Kier alpha value is -1.62. The number of likely N-dealkylation sites (N-methyl/N-ethyl adjacent to an activating group) is 2. The summed E-state index contributed by atoms with van der Waals surface area (Å²) in [5.41, 5.74) is 6.97. The Labute approximate surface area is 101 Å². The van der Waals surface area contributed by atoms with Crippen LogP contribution < -0.4 is 5.73 Å². The van der Waals surface area contributed by atoms with Crippen molar-refractivity contribution in [3.63, 3.8) is 0 Å². The normalized spacial score (nSPS) is 10.6. The van der Waals surface area contributed by atoms with Gasteiger partial charge >= 0.3 is 0 Å². The van der Waals surface area contributed by atoms with Crippen molar-refractivity contribution in [2.24, 2.45) is 0 Å². The molecule has 0 aromatic heterocycles. The highest BCUT2D eigenvalue weighted by Gasteiger charge is 2.10. The summed E-state index contributed by atoms with van der Waals surface area (Å²) in [6.45, 7) is 0.728. The van der Waals surface area contributed by atoms with Gasteiger partial charge in [0.2, 0.25) is 5.91 Å². The van der Waals surface area contributed by atoms with Crippen LogP contribution in [0.2, 0.25) is 0 Å². The van der Waals surface area contributed by atoms with Gasteiger partial charge in [-0.1, -0.05) is 0 Å². The molecule has 5 heteroatoms. The molecule has 0 bridgehead atoms. The number of benzene rings is 1. The SMILES string of the molecule is CN(CC(=O)N(C)C)Cc1cc(F)ccc1N. The number of hydrogen-bond donors (Lipinski definition) is 1. The second-order valence-corrected chi connectivity index (χ2v) is 4.30. The Morgan fingerprint density at radius 2 is 2.00 bits per heavy atom. The van der Waals surface area contributed by atoms with Crippen molar-refractivity contribution in [2.45, 2.75) is 6.54 Å². The molecule has 0 heterocycles. The van der Waals surface area contributed by atoms with E-state index in [0.29, 0.717) is 17.8 Å². The Morgan fingerprint density at radius 3 is 2.59 bits per heavy atom. The summed E-state index contributed by atoms with van der Waals surface area (Å²) in [5, 5.41) is 0. The third-order valence-corrected chi connectivity index (χ3v) is 2.45. The molecule has 1 aromatic carbocycles. The van der Waals surface area contributed by atoms with Crippen LogP contribution in [-0.4, -0.2) is 43.4 Å². The lowest BCUT2D eigenvalue weighted by atomic mass is 10.1. The number of anilines is 1. The third-order valence-electron chi connectivity index (χ3n) is 2.45. The average Bonchev–Trinajstić information content (AvgIpc) is 2.23. The summed E-state index contributed by atoms with van der Waals surface area (Å²) in [4.78, 5) is 14.8.